The second kappa shape index (κ2) is 17.4. The smallest absolute Gasteiger partial charge is 0.459 e. The highest BCUT2D eigenvalue weighted by Gasteiger charge is 2.61. The summed E-state index contributed by atoms with van der Waals surface area (Å²) in [4.78, 5) is 48.0. The van der Waals surface area contributed by atoms with Gasteiger partial charge in [0.25, 0.3) is 0 Å². The summed E-state index contributed by atoms with van der Waals surface area (Å²) in [6.45, 7) is 10.8. The molecule has 1 aliphatic carbocycles. The first-order valence-corrected chi connectivity index (χ1v) is 19.5. The average molecular weight is 772 g/mol. The van der Waals surface area contributed by atoms with E-state index in [2.05, 4.69) is 26.9 Å². The summed E-state index contributed by atoms with van der Waals surface area (Å²) in [7, 11) is -4.50. The zero-order valence-electron chi connectivity index (χ0n) is 31.2. The molecule has 1 saturated carbocycles. The van der Waals surface area contributed by atoms with Crippen molar-refractivity contribution in [2.24, 2.45) is 22.6 Å². The molecule has 2 fully saturated rings. The van der Waals surface area contributed by atoms with Crippen LogP contribution in [-0.2, 0) is 42.4 Å². The molecule has 1 aromatic carbocycles. The molecular weight excluding hydrogens is 721 g/mol. The first kappa shape index (κ1) is 40.8. The average Bonchev–Trinajstić information content (AvgIpc) is 3.69. The highest BCUT2D eigenvalue weighted by atomic mass is 31.2. The molecular formula is C36H50N7O10P. The Hall–Kier alpha value is -4.41. The van der Waals surface area contributed by atoms with Gasteiger partial charge in [0.1, 0.15) is 35.8 Å². The molecule has 294 valence electrons. The molecule has 1 aliphatic heterocycles. The summed E-state index contributed by atoms with van der Waals surface area (Å²) in [5.74, 6) is -2.75. The number of fused-ring (bicyclic) bond motifs is 1. The first-order chi connectivity index (χ1) is 25.6. The van der Waals surface area contributed by atoms with Gasteiger partial charge in [0.05, 0.1) is 30.7 Å². The predicted octanol–water partition coefficient (Wildman–Crippen LogP) is 3.95. The lowest BCUT2D eigenvalue weighted by atomic mass is 9.93. The minimum atomic E-state index is -4.50. The second-order valence-electron chi connectivity index (χ2n) is 14.3. The van der Waals surface area contributed by atoms with E-state index in [9.17, 15) is 18.9 Å². The molecule has 2 aromatic heterocycles. The Bertz CT molecular complexity index is 1830. The number of para-hydroxylation sites is 1. The van der Waals surface area contributed by atoms with Crippen molar-refractivity contribution in [2.45, 2.75) is 102 Å². The third-order valence-corrected chi connectivity index (χ3v) is 10.9. The van der Waals surface area contributed by atoms with Gasteiger partial charge in [0.2, 0.25) is 0 Å². The van der Waals surface area contributed by atoms with E-state index < -0.39 is 74.1 Å². The molecule has 1 unspecified atom stereocenters. The molecule has 54 heavy (non-hydrogen) atoms. The standard InChI is InChI=1S/C36H50N7O10P/c1-21(2)33(44)50-30-29(27-16-17-28-32(38)40-20-41-43(27)28)52-36(18-39-6,31(30)51-34(45)22(3)4)19-48-54(47,53-26-10-8-7-9-11-26)42-23(5)35(46)49-25-14-12-24(37)13-15-25/h7-11,16-17,20-25,29-31H,6,12-15,18-19,37H2,1-5H3,(H,42,47)(H2,38,40,41)/t23-,24-,25-,29-,30-,31-,36+,54?/m0/s1. The fourth-order valence-corrected chi connectivity index (χ4v) is 7.78. The molecule has 0 amide bonds. The van der Waals surface area contributed by atoms with Gasteiger partial charge in [-0.05, 0) is 63.6 Å². The van der Waals surface area contributed by atoms with Crippen molar-refractivity contribution in [1.29, 1.82) is 0 Å². The van der Waals surface area contributed by atoms with Crippen molar-refractivity contribution in [1.82, 2.24) is 19.7 Å². The monoisotopic (exact) mass is 771 g/mol. The molecule has 5 rings (SSSR count). The number of ether oxygens (including phenoxy) is 4. The van der Waals surface area contributed by atoms with Crippen molar-refractivity contribution in [3.63, 3.8) is 0 Å². The van der Waals surface area contributed by atoms with Gasteiger partial charge in [-0.25, -0.2) is 14.1 Å². The number of anilines is 1. The van der Waals surface area contributed by atoms with Gasteiger partial charge in [0, 0.05) is 6.04 Å². The summed E-state index contributed by atoms with van der Waals surface area (Å²) in [5, 5.41) is 7.04. The summed E-state index contributed by atoms with van der Waals surface area (Å²) in [5.41, 5.74) is 11.2. The van der Waals surface area contributed by atoms with E-state index in [1.165, 1.54) is 17.8 Å². The number of aromatic nitrogens is 3. The molecule has 0 spiro atoms. The van der Waals surface area contributed by atoms with Crippen LogP contribution in [0.3, 0.4) is 0 Å². The third-order valence-electron chi connectivity index (χ3n) is 9.25. The maximum atomic E-state index is 14.7. The Morgan fingerprint density at radius 2 is 1.67 bits per heavy atom. The Morgan fingerprint density at radius 3 is 2.31 bits per heavy atom. The molecule has 17 nitrogen and oxygen atoms in total. The Kier molecular flexibility index (Phi) is 13.1. The van der Waals surface area contributed by atoms with Crippen LogP contribution in [0.5, 0.6) is 5.75 Å². The van der Waals surface area contributed by atoms with Crippen LogP contribution in [0.1, 0.15) is 72.1 Å². The van der Waals surface area contributed by atoms with Crippen LogP contribution in [0.15, 0.2) is 53.8 Å². The van der Waals surface area contributed by atoms with Crippen molar-refractivity contribution >= 4 is 43.7 Å². The minimum absolute atomic E-state index is 0.0538. The second-order valence-corrected chi connectivity index (χ2v) is 15.9. The van der Waals surface area contributed by atoms with E-state index in [0.717, 1.165) is 0 Å². The fourth-order valence-electron chi connectivity index (χ4n) is 6.24. The van der Waals surface area contributed by atoms with Crippen LogP contribution in [0, 0.1) is 11.8 Å². The van der Waals surface area contributed by atoms with Crippen molar-refractivity contribution in [3.05, 3.63) is 54.5 Å². The number of hydrogen-bond donors (Lipinski definition) is 3. The summed E-state index contributed by atoms with van der Waals surface area (Å²) >= 11 is 0. The number of nitrogens with zero attached hydrogens (tertiary/aromatic N) is 4. The lowest BCUT2D eigenvalue weighted by Crippen LogP contribution is -2.53. The zero-order chi connectivity index (χ0) is 39.2. The molecule has 1 saturated heterocycles. The zero-order valence-corrected chi connectivity index (χ0v) is 32.1. The van der Waals surface area contributed by atoms with Gasteiger partial charge in [-0.15, -0.1) is 0 Å². The van der Waals surface area contributed by atoms with Gasteiger partial charge < -0.3 is 34.9 Å². The molecule has 6 atom stereocenters. The maximum absolute atomic E-state index is 14.7. The van der Waals surface area contributed by atoms with E-state index in [1.54, 1.807) is 70.2 Å². The molecule has 0 radical (unpaired) electrons. The van der Waals surface area contributed by atoms with Gasteiger partial charge >= 0.3 is 25.7 Å². The molecule has 0 bridgehead atoms. The number of hydrogen-bond acceptors (Lipinski definition) is 15. The Morgan fingerprint density at radius 1 is 1.00 bits per heavy atom. The van der Waals surface area contributed by atoms with Gasteiger partial charge in [0.15, 0.2) is 23.6 Å². The lowest BCUT2D eigenvalue weighted by molar-refractivity contribution is -0.176. The van der Waals surface area contributed by atoms with Crippen LogP contribution >= 0.6 is 7.75 Å². The number of nitrogen functional groups attached to an aromatic ring is 1. The summed E-state index contributed by atoms with van der Waals surface area (Å²) in [6.07, 6.45) is -0.260. The number of carbonyl (C=O) groups is 3. The van der Waals surface area contributed by atoms with Crippen LogP contribution in [-0.4, -0.2) is 88.4 Å². The van der Waals surface area contributed by atoms with Crippen LogP contribution in [0.25, 0.3) is 5.52 Å². The minimum Gasteiger partial charge on any atom is -0.461 e. The number of carbonyl (C=O) groups excluding carboxylic acids is 3. The summed E-state index contributed by atoms with van der Waals surface area (Å²) in [6, 6.07) is 10.4. The fraction of sp³-hybridized carbons (Fsp3) is 0.556. The van der Waals surface area contributed by atoms with Gasteiger partial charge in [-0.2, -0.15) is 10.2 Å². The maximum Gasteiger partial charge on any atom is 0.459 e. The number of rotatable bonds is 16. The van der Waals surface area contributed by atoms with E-state index in [4.69, 9.17) is 39.5 Å². The highest BCUT2D eigenvalue weighted by molar-refractivity contribution is 7.52. The van der Waals surface area contributed by atoms with E-state index in [-0.39, 0.29) is 30.3 Å². The van der Waals surface area contributed by atoms with E-state index in [1.807, 2.05) is 0 Å². The number of esters is 3. The van der Waals surface area contributed by atoms with Crippen LogP contribution in [0.4, 0.5) is 5.82 Å². The van der Waals surface area contributed by atoms with Crippen molar-refractivity contribution in [3.8, 4) is 5.75 Å². The van der Waals surface area contributed by atoms with E-state index in [0.29, 0.717) is 36.9 Å². The predicted molar refractivity (Wildman–Crippen MR) is 197 cm³/mol. The number of aliphatic imine (C=N–C) groups is 1. The first-order valence-electron chi connectivity index (χ1n) is 18.0. The van der Waals surface area contributed by atoms with Crippen LogP contribution < -0.4 is 21.1 Å². The molecule has 5 N–H and O–H groups in total. The van der Waals surface area contributed by atoms with Crippen molar-refractivity contribution in [2.75, 3.05) is 18.9 Å². The van der Waals surface area contributed by atoms with Crippen molar-refractivity contribution < 1.29 is 46.9 Å². The van der Waals surface area contributed by atoms with Gasteiger partial charge in [-0.1, -0.05) is 45.9 Å². The normalized spacial score (nSPS) is 25.9. The highest BCUT2D eigenvalue weighted by Crippen LogP contribution is 2.50. The molecule has 18 heteroatoms. The largest absolute Gasteiger partial charge is 0.461 e. The number of nitrogens with one attached hydrogen (secondary N) is 1. The lowest BCUT2D eigenvalue weighted by Gasteiger charge is -2.35. The van der Waals surface area contributed by atoms with Gasteiger partial charge in [-0.3, -0.25) is 23.9 Å². The Balaban J connectivity index is 1.53. The third kappa shape index (κ3) is 9.44. The summed E-state index contributed by atoms with van der Waals surface area (Å²) < 4.78 is 52.9. The topological polar surface area (TPSA) is 230 Å². The molecule has 3 heterocycles. The van der Waals surface area contributed by atoms with Crippen LogP contribution in [0.2, 0.25) is 0 Å². The number of nitrogens with two attached hydrogens (primary N) is 2. The Labute approximate surface area is 314 Å². The molecule has 3 aromatic rings. The number of benzene rings is 1. The van der Waals surface area contributed by atoms with E-state index >= 15 is 0 Å². The molecule has 2 aliphatic rings. The SMILES string of the molecule is C=NC[C@]1(COP(=O)(N[C@@H](C)C(=O)O[C@H]2CC[C@H](N)CC2)Oc2ccccc2)O[C@@H](c2ccc3c(N)ncnn23)[C@H](OC(=O)C(C)C)[C@@H]1OC(=O)C(C)C. The quantitative estimate of drug-likeness (QED) is 0.0810.